The van der Waals surface area contributed by atoms with E-state index in [0.29, 0.717) is 12.5 Å². The van der Waals surface area contributed by atoms with Crippen LogP contribution in [-0.4, -0.2) is 22.1 Å². The molecule has 2 rings (SSSR count). The van der Waals surface area contributed by atoms with Crippen molar-refractivity contribution in [3.63, 3.8) is 0 Å². The number of nitrogens with zero attached hydrogens (tertiary/aromatic N) is 2. The van der Waals surface area contributed by atoms with Crippen molar-refractivity contribution in [1.29, 1.82) is 0 Å². The Labute approximate surface area is 101 Å². The Kier molecular flexibility index (Phi) is 4.35. The molecule has 1 aliphatic heterocycles. The second-order valence-corrected chi connectivity index (χ2v) is 4.10. The molecule has 90 valence electrons. The summed E-state index contributed by atoms with van der Waals surface area (Å²) in [6.07, 6.45) is 5.38. The predicted octanol–water partition coefficient (Wildman–Crippen LogP) is 1.58. The van der Waals surface area contributed by atoms with Gasteiger partial charge in [-0.15, -0.1) is 12.4 Å². The fourth-order valence-corrected chi connectivity index (χ4v) is 2.16. The normalized spacial score (nSPS) is 24.0. The van der Waals surface area contributed by atoms with Crippen molar-refractivity contribution in [2.75, 3.05) is 6.61 Å². The number of halogens is 1. The Balaban J connectivity index is 0.00000128. The van der Waals surface area contributed by atoms with Crippen molar-refractivity contribution < 1.29 is 9.53 Å². The Morgan fingerprint density at radius 1 is 1.62 bits per heavy atom. The lowest BCUT2D eigenvalue weighted by molar-refractivity contribution is -0.141. The second kappa shape index (κ2) is 5.34. The zero-order valence-electron chi connectivity index (χ0n) is 9.55. The molecule has 1 aromatic heterocycles. The van der Waals surface area contributed by atoms with Gasteiger partial charge in [0.25, 0.3) is 0 Å². The maximum atomic E-state index is 11.4. The number of imidazole rings is 1. The highest BCUT2D eigenvalue weighted by Crippen LogP contribution is 2.27. The van der Waals surface area contributed by atoms with Crippen molar-refractivity contribution in [1.82, 2.24) is 9.55 Å². The molecule has 5 heteroatoms. The van der Waals surface area contributed by atoms with Crippen molar-refractivity contribution >= 4 is 18.4 Å². The minimum absolute atomic E-state index is 0. The van der Waals surface area contributed by atoms with Crippen LogP contribution >= 0.6 is 12.4 Å². The molecular formula is C11H17ClN2O2. The van der Waals surface area contributed by atoms with Crippen molar-refractivity contribution in [3.8, 4) is 0 Å². The molecule has 2 atom stereocenters. The average molecular weight is 245 g/mol. The van der Waals surface area contributed by atoms with Gasteiger partial charge in [-0.05, 0) is 12.8 Å². The largest absolute Gasteiger partial charge is 0.465 e. The number of hydrogen-bond acceptors (Lipinski definition) is 3. The summed E-state index contributed by atoms with van der Waals surface area (Å²) in [7, 11) is 1.97. The second-order valence-electron chi connectivity index (χ2n) is 4.10. The summed E-state index contributed by atoms with van der Waals surface area (Å²) in [5, 5.41) is 0. The molecule has 0 aromatic carbocycles. The lowest BCUT2D eigenvalue weighted by Crippen LogP contribution is -2.18. The molecule has 0 radical (unpaired) electrons. The molecule has 1 aromatic rings. The van der Waals surface area contributed by atoms with Crippen LogP contribution in [0.5, 0.6) is 0 Å². The number of aromatic nitrogens is 2. The van der Waals surface area contributed by atoms with E-state index in [4.69, 9.17) is 4.74 Å². The number of carbonyl (C=O) groups excluding carboxylic acids is 1. The Morgan fingerprint density at radius 3 is 2.94 bits per heavy atom. The SMILES string of the molecule is CC[C@H]1C(=O)OC[C@H]1Cc1cncn1C.Cl. The molecule has 0 saturated carbocycles. The van der Waals surface area contributed by atoms with Crippen LogP contribution in [0.25, 0.3) is 0 Å². The fourth-order valence-electron chi connectivity index (χ4n) is 2.16. The molecule has 0 unspecified atom stereocenters. The average Bonchev–Trinajstić information content (AvgIpc) is 2.76. The summed E-state index contributed by atoms with van der Waals surface area (Å²) < 4.78 is 7.08. The van der Waals surface area contributed by atoms with Crippen molar-refractivity contribution in [2.24, 2.45) is 18.9 Å². The highest BCUT2D eigenvalue weighted by molar-refractivity contribution is 5.85. The molecule has 0 aliphatic carbocycles. The van der Waals surface area contributed by atoms with Gasteiger partial charge in [0, 0.05) is 24.9 Å². The summed E-state index contributed by atoms with van der Waals surface area (Å²) >= 11 is 0. The van der Waals surface area contributed by atoms with Gasteiger partial charge < -0.3 is 9.30 Å². The Hall–Kier alpha value is -1.03. The molecule has 0 spiro atoms. The van der Waals surface area contributed by atoms with Gasteiger partial charge in [-0.2, -0.15) is 0 Å². The third kappa shape index (κ3) is 2.38. The molecular weight excluding hydrogens is 228 g/mol. The summed E-state index contributed by atoms with van der Waals surface area (Å²) in [4.78, 5) is 15.5. The van der Waals surface area contributed by atoms with Gasteiger partial charge in [-0.3, -0.25) is 4.79 Å². The van der Waals surface area contributed by atoms with Gasteiger partial charge in [0.2, 0.25) is 0 Å². The zero-order chi connectivity index (χ0) is 10.8. The van der Waals surface area contributed by atoms with Gasteiger partial charge in [0.1, 0.15) is 0 Å². The minimum Gasteiger partial charge on any atom is -0.465 e. The highest BCUT2D eigenvalue weighted by atomic mass is 35.5. The van der Waals surface area contributed by atoms with Crippen LogP contribution < -0.4 is 0 Å². The third-order valence-corrected chi connectivity index (χ3v) is 3.14. The first-order valence-corrected chi connectivity index (χ1v) is 5.34. The van der Waals surface area contributed by atoms with Gasteiger partial charge >= 0.3 is 5.97 Å². The first kappa shape index (κ1) is 13.0. The molecule has 4 nitrogen and oxygen atoms in total. The molecule has 0 N–H and O–H groups in total. The van der Waals surface area contributed by atoms with Crippen LogP contribution in [0.3, 0.4) is 0 Å². The predicted molar refractivity (Wildman–Crippen MR) is 62.4 cm³/mol. The standard InChI is InChI=1S/C11H16N2O2.ClH/c1-3-10-8(6-15-11(10)14)4-9-5-12-7-13(9)2;/h5,7-8,10H,3-4,6H2,1-2H3;1H/t8-,10-;/m1./s1. The number of esters is 1. The van der Waals surface area contributed by atoms with E-state index in [1.807, 2.05) is 24.7 Å². The van der Waals surface area contributed by atoms with Crippen LogP contribution in [-0.2, 0) is 23.0 Å². The summed E-state index contributed by atoms with van der Waals surface area (Å²) in [5.41, 5.74) is 1.16. The van der Waals surface area contributed by atoms with Crippen molar-refractivity contribution in [2.45, 2.75) is 19.8 Å². The molecule has 0 amide bonds. The Bertz CT molecular complexity index is 365. The lowest BCUT2D eigenvalue weighted by Gasteiger charge is -2.12. The minimum atomic E-state index is -0.0373. The van der Waals surface area contributed by atoms with Crippen LogP contribution in [0.1, 0.15) is 19.0 Å². The quantitative estimate of drug-likeness (QED) is 0.759. The van der Waals surface area contributed by atoms with Crippen molar-refractivity contribution in [3.05, 3.63) is 18.2 Å². The molecule has 16 heavy (non-hydrogen) atoms. The van der Waals surface area contributed by atoms with E-state index in [2.05, 4.69) is 4.98 Å². The highest BCUT2D eigenvalue weighted by Gasteiger charge is 2.35. The number of hydrogen-bond donors (Lipinski definition) is 0. The van der Waals surface area contributed by atoms with Gasteiger partial charge in [0.15, 0.2) is 0 Å². The number of aryl methyl sites for hydroxylation is 1. The van der Waals surface area contributed by atoms with Crippen LogP contribution in [0.4, 0.5) is 0 Å². The van der Waals surface area contributed by atoms with Crippen LogP contribution in [0, 0.1) is 11.8 Å². The first-order valence-electron chi connectivity index (χ1n) is 5.34. The van der Waals surface area contributed by atoms with Gasteiger partial charge in [0.05, 0.1) is 18.9 Å². The summed E-state index contributed by atoms with van der Waals surface area (Å²) in [5.74, 6) is 0.350. The monoisotopic (exact) mass is 244 g/mol. The topological polar surface area (TPSA) is 44.1 Å². The third-order valence-electron chi connectivity index (χ3n) is 3.14. The number of cyclic esters (lactones) is 1. The first-order chi connectivity index (χ1) is 7.22. The number of rotatable bonds is 3. The van der Waals surface area contributed by atoms with E-state index in [0.717, 1.165) is 18.5 Å². The maximum absolute atomic E-state index is 11.4. The van der Waals surface area contributed by atoms with E-state index in [1.54, 1.807) is 6.33 Å². The smallest absolute Gasteiger partial charge is 0.309 e. The molecule has 2 heterocycles. The molecule has 0 bridgehead atoms. The summed E-state index contributed by atoms with van der Waals surface area (Å²) in [6, 6.07) is 0. The maximum Gasteiger partial charge on any atom is 0.309 e. The van der Waals surface area contributed by atoms with Crippen LogP contribution in [0.15, 0.2) is 12.5 Å². The van der Waals surface area contributed by atoms with Gasteiger partial charge in [-0.1, -0.05) is 6.92 Å². The van der Waals surface area contributed by atoms with E-state index in [-0.39, 0.29) is 24.3 Å². The summed E-state index contributed by atoms with van der Waals surface area (Å²) in [6.45, 7) is 2.59. The molecule has 1 saturated heterocycles. The van der Waals surface area contributed by atoms with E-state index in [9.17, 15) is 4.79 Å². The lowest BCUT2D eigenvalue weighted by atomic mass is 9.89. The van der Waals surface area contributed by atoms with E-state index >= 15 is 0 Å². The van der Waals surface area contributed by atoms with E-state index < -0.39 is 0 Å². The molecule has 1 fully saturated rings. The zero-order valence-corrected chi connectivity index (χ0v) is 10.4. The molecule has 1 aliphatic rings. The fraction of sp³-hybridized carbons (Fsp3) is 0.636. The van der Waals surface area contributed by atoms with E-state index in [1.165, 1.54) is 0 Å². The number of ether oxygens (including phenoxy) is 1. The Morgan fingerprint density at radius 2 is 2.38 bits per heavy atom. The van der Waals surface area contributed by atoms with Gasteiger partial charge in [-0.25, -0.2) is 4.98 Å². The number of carbonyl (C=O) groups is 1. The van der Waals surface area contributed by atoms with Crippen LogP contribution in [0.2, 0.25) is 0 Å².